The Labute approximate surface area is 270 Å². The van der Waals surface area contributed by atoms with E-state index >= 15 is 0 Å². The summed E-state index contributed by atoms with van der Waals surface area (Å²) in [5.41, 5.74) is 9.23. The van der Waals surface area contributed by atoms with Crippen molar-refractivity contribution in [3.63, 3.8) is 0 Å². The number of rotatable bonds is 3. The second kappa shape index (κ2) is 9.64. The molecule has 46 heavy (non-hydrogen) atoms. The molecule has 0 amide bonds. The molecule has 0 bridgehead atoms. The van der Waals surface area contributed by atoms with Gasteiger partial charge < -0.3 is 9.80 Å². The minimum atomic E-state index is -0.174. The maximum absolute atomic E-state index is 5.07. The zero-order valence-corrected chi connectivity index (χ0v) is 26.7. The molecular formula is C42H36N4. The molecule has 6 aromatic rings. The van der Waals surface area contributed by atoms with Gasteiger partial charge in [0.25, 0.3) is 0 Å². The smallest absolute Gasteiger partial charge is 0.142 e. The molecule has 4 aromatic carbocycles. The first-order valence-corrected chi connectivity index (χ1v) is 16.3. The third kappa shape index (κ3) is 3.67. The van der Waals surface area contributed by atoms with E-state index in [-0.39, 0.29) is 16.9 Å². The fourth-order valence-corrected chi connectivity index (χ4v) is 8.32. The fraction of sp³-hybridized carbons (Fsp3) is 0.190. The van der Waals surface area contributed by atoms with Gasteiger partial charge in [0, 0.05) is 39.7 Å². The van der Waals surface area contributed by atoms with Gasteiger partial charge in [-0.1, -0.05) is 119 Å². The second-order valence-electron chi connectivity index (χ2n) is 13.9. The van der Waals surface area contributed by atoms with E-state index in [2.05, 4.69) is 153 Å². The monoisotopic (exact) mass is 596 g/mol. The summed E-state index contributed by atoms with van der Waals surface area (Å²) in [6.07, 6.45) is 9.48. The normalized spacial score (nSPS) is 18.7. The molecule has 0 N–H and O–H groups in total. The predicted molar refractivity (Wildman–Crippen MR) is 190 cm³/mol. The van der Waals surface area contributed by atoms with E-state index in [1.165, 1.54) is 50.1 Å². The quantitative estimate of drug-likeness (QED) is 0.203. The van der Waals surface area contributed by atoms with Crippen LogP contribution < -0.4 is 9.80 Å². The van der Waals surface area contributed by atoms with Crippen LogP contribution in [0.4, 0.5) is 23.0 Å². The fourth-order valence-electron chi connectivity index (χ4n) is 8.32. The third-order valence-corrected chi connectivity index (χ3v) is 10.7. The number of pyridine rings is 2. The molecule has 1 unspecified atom stereocenters. The number of benzene rings is 4. The number of anilines is 4. The average molecular weight is 597 g/mol. The van der Waals surface area contributed by atoms with Crippen LogP contribution in [0.25, 0.3) is 21.5 Å². The zero-order valence-electron chi connectivity index (χ0n) is 26.7. The highest BCUT2D eigenvalue weighted by molar-refractivity contribution is 5.99. The van der Waals surface area contributed by atoms with Gasteiger partial charge in [-0.2, -0.15) is 0 Å². The van der Waals surface area contributed by atoms with Gasteiger partial charge in [-0.15, -0.1) is 0 Å². The van der Waals surface area contributed by atoms with Crippen molar-refractivity contribution in [2.24, 2.45) is 0 Å². The van der Waals surface area contributed by atoms with Crippen LogP contribution in [0.1, 0.15) is 50.8 Å². The van der Waals surface area contributed by atoms with Crippen molar-refractivity contribution in [3.8, 4) is 0 Å². The summed E-state index contributed by atoms with van der Waals surface area (Å²) in [6, 6.07) is 37.2. The SMILES string of the molecule is CC1(C)C2=C(C=CC(N(c3nccc4ccccc34)c3nccc4ccccc34)C2)N2c3ccccc3C(C)(C)c3cccc1c32. The first kappa shape index (κ1) is 27.1. The highest BCUT2D eigenvalue weighted by Gasteiger charge is 2.47. The summed E-state index contributed by atoms with van der Waals surface area (Å²) in [5, 5.41) is 4.59. The van der Waals surface area contributed by atoms with Crippen molar-refractivity contribution < 1.29 is 0 Å². The van der Waals surface area contributed by atoms with Crippen molar-refractivity contribution in [1.82, 2.24) is 9.97 Å². The van der Waals surface area contributed by atoms with Gasteiger partial charge in [0.15, 0.2) is 0 Å². The van der Waals surface area contributed by atoms with Gasteiger partial charge in [0.2, 0.25) is 0 Å². The molecule has 0 spiro atoms. The van der Waals surface area contributed by atoms with Crippen molar-refractivity contribution >= 4 is 44.6 Å². The number of hydrogen-bond acceptors (Lipinski definition) is 4. The minimum absolute atomic E-state index is 0.0100. The number of para-hydroxylation sites is 2. The number of allylic oxidation sites excluding steroid dienone is 1. The van der Waals surface area contributed by atoms with Gasteiger partial charge in [-0.3, -0.25) is 0 Å². The van der Waals surface area contributed by atoms with E-state index < -0.39 is 0 Å². The first-order valence-electron chi connectivity index (χ1n) is 16.3. The molecule has 1 aliphatic carbocycles. The zero-order chi connectivity index (χ0) is 31.2. The van der Waals surface area contributed by atoms with Crippen LogP contribution in [0, 0.1) is 0 Å². The van der Waals surface area contributed by atoms with Crippen LogP contribution in [0.15, 0.2) is 139 Å². The molecule has 3 aliphatic rings. The van der Waals surface area contributed by atoms with Crippen LogP contribution >= 0.6 is 0 Å². The number of nitrogens with zero attached hydrogens (tertiary/aromatic N) is 4. The molecule has 0 fully saturated rings. The Kier molecular flexibility index (Phi) is 5.68. The maximum atomic E-state index is 5.07. The average Bonchev–Trinajstić information content (AvgIpc) is 3.08. The van der Waals surface area contributed by atoms with E-state index in [9.17, 15) is 0 Å². The van der Waals surface area contributed by atoms with Crippen LogP contribution in [0.5, 0.6) is 0 Å². The molecule has 4 nitrogen and oxygen atoms in total. The van der Waals surface area contributed by atoms with Crippen LogP contribution in [0.3, 0.4) is 0 Å². The summed E-state index contributed by atoms with van der Waals surface area (Å²) in [6.45, 7) is 9.56. The number of fused-ring (bicyclic) bond motifs is 5. The lowest BCUT2D eigenvalue weighted by atomic mass is 9.64. The van der Waals surface area contributed by atoms with E-state index in [1.54, 1.807) is 0 Å². The number of hydrogen-bond donors (Lipinski definition) is 0. The highest BCUT2D eigenvalue weighted by atomic mass is 15.3. The summed E-state index contributed by atoms with van der Waals surface area (Å²) >= 11 is 0. The Bertz CT molecular complexity index is 2180. The molecule has 1 atom stereocenters. The Balaban J connectivity index is 1.26. The van der Waals surface area contributed by atoms with Gasteiger partial charge in [-0.05, 0) is 63.7 Å². The Morgan fingerprint density at radius 1 is 0.630 bits per heavy atom. The van der Waals surface area contributed by atoms with Crippen molar-refractivity contribution in [1.29, 1.82) is 0 Å². The second-order valence-corrected chi connectivity index (χ2v) is 13.9. The minimum Gasteiger partial charge on any atom is -0.310 e. The largest absolute Gasteiger partial charge is 0.310 e. The molecule has 2 aromatic heterocycles. The first-order chi connectivity index (χ1) is 22.4. The Morgan fingerprint density at radius 2 is 1.20 bits per heavy atom. The maximum Gasteiger partial charge on any atom is 0.142 e. The summed E-state index contributed by atoms with van der Waals surface area (Å²) in [4.78, 5) is 15.1. The lowest BCUT2D eigenvalue weighted by molar-refractivity contribution is 0.539. The lowest BCUT2D eigenvalue weighted by Crippen LogP contribution is -2.43. The molecule has 0 saturated carbocycles. The van der Waals surface area contributed by atoms with Crippen LogP contribution in [-0.2, 0) is 10.8 Å². The third-order valence-electron chi connectivity index (χ3n) is 10.7. The molecule has 2 aliphatic heterocycles. The van der Waals surface area contributed by atoms with E-state index in [0.717, 1.165) is 28.8 Å². The van der Waals surface area contributed by atoms with Crippen LogP contribution in [0.2, 0.25) is 0 Å². The molecule has 0 saturated heterocycles. The molecule has 9 rings (SSSR count). The van der Waals surface area contributed by atoms with Gasteiger partial charge >= 0.3 is 0 Å². The van der Waals surface area contributed by atoms with Gasteiger partial charge in [0.1, 0.15) is 11.6 Å². The van der Waals surface area contributed by atoms with Gasteiger partial charge in [-0.25, -0.2) is 9.97 Å². The standard InChI is InChI=1S/C42H36N4/c1-41(2)32-16-9-10-19-36(32)46-37-21-20-29(26-35(37)42(3,4)34-18-11-17-33(41)38(34)46)45(39-30-14-7-5-12-27(30)22-24-43-39)40-31-15-8-6-13-28(31)23-25-44-40/h5-25,29H,26H2,1-4H3. The Hall–Kier alpha value is -5.22. The highest BCUT2D eigenvalue weighted by Crippen LogP contribution is 2.59. The lowest BCUT2D eigenvalue weighted by Gasteiger charge is -2.51. The van der Waals surface area contributed by atoms with Gasteiger partial charge in [0.05, 0.1) is 17.4 Å². The summed E-state index contributed by atoms with van der Waals surface area (Å²) in [5.74, 6) is 1.86. The van der Waals surface area contributed by atoms with Crippen molar-refractivity contribution in [2.75, 3.05) is 9.80 Å². The topological polar surface area (TPSA) is 32.3 Å². The summed E-state index contributed by atoms with van der Waals surface area (Å²) in [7, 11) is 0. The molecule has 0 radical (unpaired) electrons. The van der Waals surface area contributed by atoms with Crippen molar-refractivity contribution in [3.05, 3.63) is 156 Å². The number of aromatic nitrogens is 2. The predicted octanol–water partition coefficient (Wildman–Crippen LogP) is 10.3. The molecule has 224 valence electrons. The molecule has 4 heteroatoms. The van der Waals surface area contributed by atoms with Crippen LogP contribution in [-0.4, -0.2) is 16.0 Å². The van der Waals surface area contributed by atoms with E-state index in [1.807, 2.05) is 12.4 Å². The summed E-state index contributed by atoms with van der Waals surface area (Å²) < 4.78 is 0. The van der Waals surface area contributed by atoms with E-state index in [0.29, 0.717) is 0 Å². The molecular weight excluding hydrogens is 560 g/mol. The molecule has 4 heterocycles. The Morgan fingerprint density at radius 3 is 1.87 bits per heavy atom. The van der Waals surface area contributed by atoms with E-state index in [4.69, 9.17) is 9.97 Å². The van der Waals surface area contributed by atoms with Crippen molar-refractivity contribution in [2.45, 2.75) is 51.0 Å².